The Morgan fingerprint density at radius 2 is 1.13 bits per heavy atom. The molecule has 0 bridgehead atoms. The third-order valence-electron chi connectivity index (χ3n) is 4.77. The minimum Gasteiger partial charge on any atom is -0.396 e. The van der Waals surface area contributed by atoms with Gasteiger partial charge in [0.1, 0.15) is 0 Å². The predicted octanol–water partition coefficient (Wildman–Crippen LogP) is 5.59. The third-order valence-corrected chi connectivity index (χ3v) is 4.77. The molecule has 1 heterocycles. The zero-order valence-electron chi connectivity index (χ0n) is 15.8. The number of aliphatic hydroxyl groups is 1. The molecule has 1 aliphatic rings. The minimum atomic E-state index is -0.455. The SMILES string of the molecule is CCCCCCCCCCCC[C@H]1OC(C)(C)O[C@@H]1CCCO. The molecule has 1 fully saturated rings. The molecule has 0 spiro atoms. The van der Waals surface area contributed by atoms with Crippen molar-refractivity contribution in [1.29, 1.82) is 0 Å². The van der Waals surface area contributed by atoms with Crippen molar-refractivity contribution < 1.29 is 14.6 Å². The molecule has 2 atom stereocenters. The fraction of sp³-hybridized carbons (Fsp3) is 1.00. The first kappa shape index (κ1) is 20.9. The summed E-state index contributed by atoms with van der Waals surface area (Å²) in [5.74, 6) is -0.455. The van der Waals surface area contributed by atoms with Gasteiger partial charge in [-0.15, -0.1) is 0 Å². The van der Waals surface area contributed by atoms with E-state index in [1.807, 2.05) is 13.8 Å². The van der Waals surface area contributed by atoms with Gasteiger partial charge in [-0.05, 0) is 33.1 Å². The quantitative estimate of drug-likeness (QED) is 0.422. The lowest BCUT2D eigenvalue weighted by molar-refractivity contribution is -0.147. The average Bonchev–Trinajstić information content (AvgIpc) is 2.81. The van der Waals surface area contributed by atoms with Crippen LogP contribution in [0.15, 0.2) is 0 Å². The van der Waals surface area contributed by atoms with E-state index in [2.05, 4.69) is 6.92 Å². The van der Waals surface area contributed by atoms with E-state index < -0.39 is 5.79 Å². The van der Waals surface area contributed by atoms with Crippen LogP contribution >= 0.6 is 0 Å². The van der Waals surface area contributed by atoms with Crippen LogP contribution in [-0.4, -0.2) is 29.7 Å². The van der Waals surface area contributed by atoms with Gasteiger partial charge in [0, 0.05) is 6.61 Å². The second-order valence-electron chi connectivity index (χ2n) is 7.55. The van der Waals surface area contributed by atoms with Crippen LogP contribution in [0.25, 0.3) is 0 Å². The van der Waals surface area contributed by atoms with Crippen LogP contribution in [0, 0.1) is 0 Å². The standard InChI is InChI=1S/C20H40O3/c1-4-5-6-7-8-9-10-11-12-13-15-18-19(16-14-17-21)23-20(2,3)22-18/h18-19,21H,4-17H2,1-3H3/t18-,19-/m1/s1. The van der Waals surface area contributed by atoms with E-state index in [4.69, 9.17) is 14.6 Å². The molecule has 138 valence electrons. The molecule has 0 aliphatic carbocycles. The van der Waals surface area contributed by atoms with Gasteiger partial charge >= 0.3 is 0 Å². The number of unbranched alkanes of at least 4 members (excludes halogenated alkanes) is 9. The Balaban J connectivity index is 2.03. The maximum absolute atomic E-state index is 9.01. The van der Waals surface area contributed by atoms with Gasteiger partial charge in [-0.2, -0.15) is 0 Å². The van der Waals surface area contributed by atoms with E-state index in [-0.39, 0.29) is 18.8 Å². The molecule has 23 heavy (non-hydrogen) atoms. The third kappa shape index (κ3) is 9.69. The highest BCUT2D eigenvalue weighted by Gasteiger charge is 2.40. The summed E-state index contributed by atoms with van der Waals surface area (Å²) in [6, 6.07) is 0. The molecule has 1 aliphatic heterocycles. The smallest absolute Gasteiger partial charge is 0.163 e. The fourth-order valence-electron chi connectivity index (χ4n) is 3.52. The molecule has 3 nitrogen and oxygen atoms in total. The number of rotatable bonds is 14. The van der Waals surface area contributed by atoms with Gasteiger partial charge in [0.2, 0.25) is 0 Å². The minimum absolute atomic E-state index is 0.163. The second-order valence-corrected chi connectivity index (χ2v) is 7.55. The van der Waals surface area contributed by atoms with E-state index >= 15 is 0 Å². The summed E-state index contributed by atoms with van der Waals surface area (Å²) in [7, 11) is 0. The van der Waals surface area contributed by atoms with Crippen LogP contribution in [0.5, 0.6) is 0 Å². The van der Waals surface area contributed by atoms with Gasteiger partial charge < -0.3 is 14.6 Å². The Morgan fingerprint density at radius 1 is 0.696 bits per heavy atom. The van der Waals surface area contributed by atoms with Crippen LogP contribution < -0.4 is 0 Å². The summed E-state index contributed by atoms with van der Waals surface area (Å²) >= 11 is 0. The van der Waals surface area contributed by atoms with Gasteiger partial charge in [-0.25, -0.2) is 0 Å². The lowest BCUT2D eigenvalue weighted by atomic mass is 10.0. The van der Waals surface area contributed by atoms with E-state index in [1.54, 1.807) is 0 Å². The molecule has 0 amide bonds. The lowest BCUT2D eigenvalue weighted by Gasteiger charge is -2.16. The summed E-state index contributed by atoms with van der Waals surface area (Å²) in [4.78, 5) is 0. The summed E-state index contributed by atoms with van der Waals surface area (Å²) < 4.78 is 12.0. The molecule has 1 rings (SSSR count). The van der Waals surface area contributed by atoms with Gasteiger partial charge in [-0.3, -0.25) is 0 Å². The second kappa shape index (κ2) is 12.3. The summed E-state index contributed by atoms with van der Waals surface area (Å²) in [5.41, 5.74) is 0. The largest absolute Gasteiger partial charge is 0.396 e. The predicted molar refractivity (Wildman–Crippen MR) is 96.6 cm³/mol. The van der Waals surface area contributed by atoms with Crippen molar-refractivity contribution >= 4 is 0 Å². The van der Waals surface area contributed by atoms with Crippen LogP contribution in [0.1, 0.15) is 104 Å². The molecule has 3 heteroatoms. The Morgan fingerprint density at radius 3 is 1.61 bits per heavy atom. The van der Waals surface area contributed by atoms with Gasteiger partial charge in [-0.1, -0.05) is 71.1 Å². The Kier molecular flexibility index (Phi) is 11.2. The first-order valence-electron chi connectivity index (χ1n) is 10.1. The maximum atomic E-state index is 9.01. The normalized spacial score (nSPS) is 23.5. The Labute approximate surface area is 144 Å². The highest BCUT2D eigenvalue weighted by molar-refractivity contribution is 4.81. The van der Waals surface area contributed by atoms with Gasteiger partial charge in [0.05, 0.1) is 12.2 Å². The molecule has 0 aromatic rings. The summed E-state index contributed by atoms with van der Waals surface area (Å²) in [6.07, 6.45) is 16.8. The van der Waals surface area contributed by atoms with Crippen LogP contribution in [0.3, 0.4) is 0 Å². The number of aliphatic hydroxyl groups excluding tert-OH is 1. The molecular formula is C20H40O3. The molecule has 0 radical (unpaired) electrons. The highest BCUT2D eigenvalue weighted by atomic mass is 16.7. The topological polar surface area (TPSA) is 38.7 Å². The molecule has 1 N–H and O–H groups in total. The lowest BCUT2D eigenvalue weighted by Crippen LogP contribution is -2.22. The number of hydrogen-bond donors (Lipinski definition) is 1. The zero-order valence-corrected chi connectivity index (χ0v) is 15.8. The van der Waals surface area contributed by atoms with E-state index in [0.717, 1.165) is 19.3 Å². The van der Waals surface area contributed by atoms with Crippen molar-refractivity contribution in [3.05, 3.63) is 0 Å². The Bertz CT molecular complexity index is 278. The molecule has 1 saturated heterocycles. The molecular weight excluding hydrogens is 288 g/mol. The van der Waals surface area contributed by atoms with Gasteiger partial charge in [0.25, 0.3) is 0 Å². The van der Waals surface area contributed by atoms with Crippen molar-refractivity contribution in [3.8, 4) is 0 Å². The van der Waals surface area contributed by atoms with Crippen molar-refractivity contribution in [3.63, 3.8) is 0 Å². The first-order valence-corrected chi connectivity index (χ1v) is 10.1. The molecule has 0 aromatic heterocycles. The first-order chi connectivity index (χ1) is 11.1. The van der Waals surface area contributed by atoms with Crippen molar-refractivity contribution in [2.75, 3.05) is 6.61 Å². The zero-order chi connectivity index (χ0) is 17.0. The van der Waals surface area contributed by atoms with E-state index in [1.165, 1.54) is 64.2 Å². The Hall–Kier alpha value is -0.120. The van der Waals surface area contributed by atoms with Crippen LogP contribution in [0.4, 0.5) is 0 Å². The number of hydrogen-bond acceptors (Lipinski definition) is 3. The fourth-order valence-corrected chi connectivity index (χ4v) is 3.52. The van der Waals surface area contributed by atoms with Crippen molar-refractivity contribution in [2.24, 2.45) is 0 Å². The maximum Gasteiger partial charge on any atom is 0.163 e. The monoisotopic (exact) mass is 328 g/mol. The molecule has 0 saturated carbocycles. The van der Waals surface area contributed by atoms with Crippen LogP contribution in [-0.2, 0) is 9.47 Å². The van der Waals surface area contributed by atoms with E-state index in [0.29, 0.717) is 0 Å². The number of ether oxygens (including phenoxy) is 2. The van der Waals surface area contributed by atoms with E-state index in [9.17, 15) is 0 Å². The summed E-state index contributed by atoms with van der Waals surface area (Å²) in [5, 5.41) is 9.01. The van der Waals surface area contributed by atoms with Crippen molar-refractivity contribution in [1.82, 2.24) is 0 Å². The highest BCUT2D eigenvalue weighted by Crippen LogP contribution is 2.33. The molecule has 0 aromatic carbocycles. The van der Waals surface area contributed by atoms with Crippen LogP contribution in [0.2, 0.25) is 0 Å². The van der Waals surface area contributed by atoms with Crippen molar-refractivity contribution in [2.45, 2.75) is 122 Å². The average molecular weight is 329 g/mol. The summed E-state index contributed by atoms with van der Waals surface area (Å²) in [6.45, 7) is 6.51. The molecule has 0 unspecified atom stereocenters. The van der Waals surface area contributed by atoms with Gasteiger partial charge in [0.15, 0.2) is 5.79 Å².